The van der Waals surface area contributed by atoms with Crippen LogP contribution in [0.1, 0.15) is 41.5 Å². The molecule has 0 radical (unpaired) electrons. The summed E-state index contributed by atoms with van der Waals surface area (Å²) in [6, 6.07) is 6.83. The fraction of sp³-hybridized carbons (Fsp3) is 0.333. The van der Waals surface area contributed by atoms with Gasteiger partial charge >= 0.3 is 0 Å². The molecule has 1 amide bonds. The third-order valence-corrected chi connectivity index (χ3v) is 5.57. The highest BCUT2D eigenvalue weighted by atomic mass is 19.1. The molecule has 3 heterocycles. The summed E-state index contributed by atoms with van der Waals surface area (Å²) in [7, 11) is 0. The monoisotopic (exact) mass is 365 g/mol. The summed E-state index contributed by atoms with van der Waals surface area (Å²) < 4.78 is 19.9. The molecule has 1 fully saturated rings. The maximum absolute atomic E-state index is 13.5. The Morgan fingerprint density at radius 1 is 1.26 bits per heavy atom. The van der Waals surface area contributed by atoms with Gasteiger partial charge in [-0.1, -0.05) is 6.07 Å². The van der Waals surface area contributed by atoms with E-state index >= 15 is 0 Å². The van der Waals surface area contributed by atoms with E-state index < -0.39 is 0 Å². The molecule has 1 N–H and O–H groups in total. The second-order valence-corrected chi connectivity index (χ2v) is 7.36. The molecular formula is C21H20FN3O2. The van der Waals surface area contributed by atoms with E-state index in [2.05, 4.69) is 9.97 Å². The maximum Gasteiger partial charge on any atom is 0.228 e. The van der Waals surface area contributed by atoms with Crippen LogP contribution < -0.4 is 9.64 Å². The van der Waals surface area contributed by atoms with E-state index in [1.807, 2.05) is 24.8 Å². The molecule has 0 bridgehead atoms. The molecule has 1 atom stereocenters. The number of nitrogens with one attached hydrogen (secondary N) is 1. The van der Waals surface area contributed by atoms with Gasteiger partial charge in [0.1, 0.15) is 23.3 Å². The number of hydrogen-bond acceptors (Lipinski definition) is 3. The fourth-order valence-corrected chi connectivity index (χ4v) is 4.15. The normalized spacial score (nSPS) is 19.0. The minimum absolute atomic E-state index is 0.143. The minimum atomic E-state index is -0.239. The van der Waals surface area contributed by atoms with Gasteiger partial charge in [-0.15, -0.1) is 0 Å². The molecular weight excluding hydrogens is 345 g/mol. The molecule has 5 nitrogen and oxygen atoms in total. The topological polar surface area (TPSA) is 58.2 Å². The first-order valence-corrected chi connectivity index (χ1v) is 9.26. The molecule has 27 heavy (non-hydrogen) atoms. The van der Waals surface area contributed by atoms with Crippen molar-refractivity contribution < 1.29 is 13.9 Å². The van der Waals surface area contributed by atoms with Crippen molar-refractivity contribution in [2.45, 2.75) is 39.2 Å². The zero-order valence-electron chi connectivity index (χ0n) is 15.3. The molecule has 0 spiro atoms. The Morgan fingerprint density at radius 2 is 2.11 bits per heavy atom. The van der Waals surface area contributed by atoms with E-state index in [0.29, 0.717) is 6.42 Å². The molecule has 2 aliphatic heterocycles. The SMILES string of the molecule is Cc1nc2c3c(c(N4CCC4=O)cc2[nH]1)CC[C@@H](c1ccc(F)cc1C)O3. The summed E-state index contributed by atoms with van der Waals surface area (Å²) in [5.74, 6) is 1.45. The summed E-state index contributed by atoms with van der Waals surface area (Å²) in [4.78, 5) is 21.7. The quantitative estimate of drug-likeness (QED) is 0.695. The number of carbonyl (C=O) groups excluding carboxylic acids is 1. The number of aromatic nitrogens is 2. The number of anilines is 1. The number of β-lactam (4-membered cyclic amide) rings is 1. The van der Waals surface area contributed by atoms with E-state index in [4.69, 9.17) is 4.74 Å². The van der Waals surface area contributed by atoms with Crippen LogP contribution in [-0.2, 0) is 11.2 Å². The second-order valence-electron chi connectivity index (χ2n) is 7.36. The number of ether oxygens (including phenoxy) is 1. The molecule has 1 saturated heterocycles. The molecule has 0 unspecified atom stereocenters. The molecule has 6 heteroatoms. The van der Waals surface area contributed by atoms with Gasteiger partial charge in [-0.2, -0.15) is 0 Å². The van der Waals surface area contributed by atoms with Crippen LogP contribution in [0.2, 0.25) is 0 Å². The average molecular weight is 365 g/mol. The summed E-state index contributed by atoms with van der Waals surface area (Å²) in [6.45, 7) is 4.55. The Morgan fingerprint density at radius 3 is 2.81 bits per heavy atom. The smallest absolute Gasteiger partial charge is 0.228 e. The highest BCUT2D eigenvalue weighted by Gasteiger charge is 2.33. The number of amides is 1. The molecule has 2 aliphatic rings. The van der Waals surface area contributed by atoms with Gasteiger partial charge in [-0.05, 0) is 56.0 Å². The molecule has 2 aromatic carbocycles. The lowest BCUT2D eigenvalue weighted by molar-refractivity contribution is -0.122. The highest BCUT2D eigenvalue weighted by Crippen LogP contribution is 2.45. The molecule has 3 aromatic rings. The number of H-pyrrole nitrogens is 1. The van der Waals surface area contributed by atoms with Crippen molar-refractivity contribution in [3.8, 4) is 5.75 Å². The van der Waals surface area contributed by atoms with Gasteiger partial charge in [0.05, 0.1) is 11.2 Å². The number of benzene rings is 2. The number of hydrogen-bond donors (Lipinski definition) is 1. The van der Waals surface area contributed by atoms with Crippen LogP contribution in [-0.4, -0.2) is 22.4 Å². The van der Waals surface area contributed by atoms with E-state index in [9.17, 15) is 9.18 Å². The predicted octanol–water partition coefficient (Wildman–Crippen LogP) is 4.12. The first-order chi connectivity index (χ1) is 13.0. The van der Waals surface area contributed by atoms with E-state index in [-0.39, 0.29) is 17.8 Å². The van der Waals surface area contributed by atoms with Crippen LogP contribution in [0, 0.1) is 19.7 Å². The zero-order valence-corrected chi connectivity index (χ0v) is 15.3. The lowest BCUT2D eigenvalue weighted by atomic mass is 9.92. The van der Waals surface area contributed by atoms with Crippen molar-refractivity contribution in [1.82, 2.24) is 9.97 Å². The van der Waals surface area contributed by atoms with Gasteiger partial charge in [0, 0.05) is 18.5 Å². The maximum atomic E-state index is 13.5. The Balaban J connectivity index is 1.63. The number of aromatic amines is 1. The van der Waals surface area contributed by atoms with E-state index in [0.717, 1.165) is 64.4 Å². The van der Waals surface area contributed by atoms with Gasteiger partial charge in [-0.25, -0.2) is 9.37 Å². The summed E-state index contributed by atoms with van der Waals surface area (Å²) in [5, 5.41) is 0. The predicted molar refractivity (Wildman–Crippen MR) is 101 cm³/mol. The van der Waals surface area contributed by atoms with Crippen LogP contribution in [0.4, 0.5) is 10.1 Å². The van der Waals surface area contributed by atoms with E-state index in [1.54, 1.807) is 6.07 Å². The third-order valence-electron chi connectivity index (χ3n) is 5.57. The number of rotatable bonds is 2. The van der Waals surface area contributed by atoms with Crippen LogP contribution in [0.3, 0.4) is 0 Å². The highest BCUT2D eigenvalue weighted by molar-refractivity contribution is 6.03. The van der Waals surface area contributed by atoms with Crippen LogP contribution >= 0.6 is 0 Å². The molecule has 5 rings (SSSR count). The molecule has 1 aromatic heterocycles. The average Bonchev–Trinajstić information content (AvgIpc) is 3.00. The lowest BCUT2D eigenvalue weighted by Crippen LogP contribution is -2.44. The largest absolute Gasteiger partial charge is 0.483 e. The van der Waals surface area contributed by atoms with Crippen molar-refractivity contribution in [1.29, 1.82) is 0 Å². The lowest BCUT2D eigenvalue weighted by Gasteiger charge is -2.35. The van der Waals surface area contributed by atoms with Crippen LogP contribution in [0.15, 0.2) is 24.3 Å². The summed E-state index contributed by atoms with van der Waals surface area (Å²) in [6.07, 6.45) is 2.01. The van der Waals surface area contributed by atoms with E-state index in [1.165, 1.54) is 12.1 Å². The number of imidazole rings is 1. The van der Waals surface area contributed by atoms with Crippen molar-refractivity contribution in [3.63, 3.8) is 0 Å². The van der Waals surface area contributed by atoms with Gasteiger partial charge in [0.2, 0.25) is 5.91 Å². The first-order valence-electron chi connectivity index (χ1n) is 9.26. The third kappa shape index (κ3) is 2.51. The van der Waals surface area contributed by atoms with Crippen LogP contribution in [0.5, 0.6) is 5.75 Å². The molecule has 0 aliphatic carbocycles. The van der Waals surface area contributed by atoms with Crippen molar-refractivity contribution in [3.05, 3.63) is 52.6 Å². The Labute approximate surface area is 156 Å². The number of nitrogens with zero attached hydrogens (tertiary/aromatic N) is 2. The number of halogens is 1. The zero-order chi connectivity index (χ0) is 18.7. The Bertz CT molecular complexity index is 1090. The second kappa shape index (κ2) is 5.81. The summed E-state index contributed by atoms with van der Waals surface area (Å²) >= 11 is 0. The number of fused-ring (bicyclic) bond motifs is 3. The summed E-state index contributed by atoms with van der Waals surface area (Å²) in [5.41, 5.74) is 5.51. The fourth-order valence-electron chi connectivity index (χ4n) is 4.15. The first kappa shape index (κ1) is 16.3. The molecule has 0 saturated carbocycles. The van der Waals surface area contributed by atoms with Gasteiger partial charge in [0.25, 0.3) is 0 Å². The Hall–Kier alpha value is -2.89. The van der Waals surface area contributed by atoms with Gasteiger partial charge < -0.3 is 14.6 Å². The van der Waals surface area contributed by atoms with Crippen molar-refractivity contribution in [2.24, 2.45) is 0 Å². The van der Waals surface area contributed by atoms with Gasteiger partial charge in [0.15, 0.2) is 5.75 Å². The minimum Gasteiger partial charge on any atom is -0.483 e. The Kier molecular flexibility index (Phi) is 3.50. The number of aryl methyl sites for hydroxylation is 2. The van der Waals surface area contributed by atoms with Crippen molar-refractivity contribution in [2.75, 3.05) is 11.4 Å². The van der Waals surface area contributed by atoms with Crippen molar-refractivity contribution >= 4 is 22.6 Å². The standard InChI is InChI=1S/C21H20FN3O2/c1-11-9-13(22)3-4-14(11)18-6-5-15-17(25-8-7-19(25)26)10-16-20(21(15)27-18)24-12(2)23-16/h3-4,9-10,18H,5-8H2,1-2H3,(H,23,24)/t18-/m0/s1. The molecule has 138 valence electrons. The van der Waals surface area contributed by atoms with Crippen LogP contribution in [0.25, 0.3) is 11.0 Å². The van der Waals surface area contributed by atoms with Gasteiger partial charge in [-0.3, -0.25) is 4.79 Å². The number of carbonyl (C=O) groups is 1.